The number of aliphatic hydroxyl groups excluding tert-OH is 1. The Labute approximate surface area is 96.1 Å². The Hall–Kier alpha value is -1.10. The van der Waals surface area contributed by atoms with E-state index in [9.17, 15) is 9.59 Å². The lowest BCUT2D eigenvalue weighted by Crippen LogP contribution is -2.37. The zero-order valence-corrected chi connectivity index (χ0v) is 9.98. The number of amides is 1. The zero-order valence-electron chi connectivity index (χ0n) is 9.98. The van der Waals surface area contributed by atoms with E-state index >= 15 is 0 Å². The standard InChI is InChI=1S/C11H21NO4/c1-9(2)12(7-4-8-13)10(14)5-3-6-11(15)16/h9,13H,3-8H2,1-2H3,(H,15,16). The Morgan fingerprint density at radius 1 is 1.19 bits per heavy atom. The summed E-state index contributed by atoms with van der Waals surface area (Å²) in [6.45, 7) is 4.41. The lowest BCUT2D eigenvalue weighted by Gasteiger charge is -2.26. The molecule has 5 heteroatoms. The van der Waals surface area contributed by atoms with Gasteiger partial charge in [-0.05, 0) is 26.7 Å². The molecule has 0 rings (SSSR count). The van der Waals surface area contributed by atoms with Crippen molar-refractivity contribution in [2.45, 2.75) is 45.6 Å². The van der Waals surface area contributed by atoms with Crippen LogP contribution in [0.25, 0.3) is 0 Å². The fourth-order valence-corrected chi connectivity index (χ4v) is 1.45. The van der Waals surface area contributed by atoms with Crippen molar-refractivity contribution in [3.63, 3.8) is 0 Å². The van der Waals surface area contributed by atoms with Crippen molar-refractivity contribution < 1.29 is 19.8 Å². The second-order valence-electron chi connectivity index (χ2n) is 4.01. The van der Waals surface area contributed by atoms with Crippen LogP contribution < -0.4 is 0 Å². The average Bonchev–Trinajstić information content (AvgIpc) is 2.17. The Bertz CT molecular complexity index is 228. The van der Waals surface area contributed by atoms with Crippen LogP contribution in [0.1, 0.15) is 39.5 Å². The third-order valence-electron chi connectivity index (χ3n) is 2.28. The van der Waals surface area contributed by atoms with Gasteiger partial charge in [-0.25, -0.2) is 0 Å². The maximum Gasteiger partial charge on any atom is 0.303 e. The summed E-state index contributed by atoms with van der Waals surface area (Å²) in [6, 6.07) is 0.0869. The quantitative estimate of drug-likeness (QED) is 0.649. The molecule has 2 N–H and O–H groups in total. The fraction of sp³-hybridized carbons (Fsp3) is 0.818. The normalized spacial score (nSPS) is 10.5. The van der Waals surface area contributed by atoms with Crippen LogP contribution in [-0.4, -0.2) is 46.2 Å². The van der Waals surface area contributed by atoms with Crippen LogP contribution in [0.15, 0.2) is 0 Å². The first kappa shape index (κ1) is 14.9. The SMILES string of the molecule is CC(C)N(CCCO)C(=O)CCCC(=O)O. The number of hydrogen-bond donors (Lipinski definition) is 2. The minimum atomic E-state index is -0.876. The van der Waals surface area contributed by atoms with Gasteiger partial charge in [-0.3, -0.25) is 9.59 Å². The number of nitrogens with zero attached hydrogens (tertiary/aromatic N) is 1. The molecule has 0 spiro atoms. The monoisotopic (exact) mass is 231 g/mol. The van der Waals surface area contributed by atoms with Gasteiger partial charge in [-0.15, -0.1) is 0 Å². The van der Waals surface area contributed by atoms with Gasteiger partial charge >= 0.3 is 5.97 Å². The van der Waals surface area contributed by atoms with E-state index in [0.29, 0.717) is 19.4 Å². The van der Waals surface area contributed by atoms with Gasteiger partial charge in [-0.2, -0.15) is 0 Å². The van der Waals surface area contributed by atoms with Crippen LogP contribution >= 0.6 is 0 Å². The summed E-state index contributed by atoms with van der Waals surface area (Å²) in [4.78, 5) is 23.7. The van der Waals surface area contributed by atoms with E-state index in [1.165, 1.54) is 0 Å². The van der Waals surface area contributed by atoms with Gasteiger partial charge in [0.1, 0.15) is 0 Å². The molecular weight excluding hydrogens is 210 g/mol. The molecular formula is C11H21NO4. The number of carbonyl (C=O) groups is 2. The third-order valence-corrected chi connectivity index (χ3v) is 2.28. The Kier molecular flexibility index (Phi) is 7.54. The van der Waals surface area contributed by atoms with Gasteiger partial charge in [0, 0.05) is 32.0 Å². The topological polar surface area (TPSA) is 77.8 Å². The summed E-state index contributed by atoms with van der Waals surface area (Å²) < 4.78 is 0. The molecule has 16 heavy (non-hydrogen) atoms. The molecule has 0 unspecified atom stereocenters. The predicted molar refractivity (Wildman–Crippen MR) is 60.0 cm³/mol. The second-order valence-corrected chi connectivity index (χ2v) is 4.01. The molecule has 0 bridgehead atoms. The lowest BCUT2D eigenvalue weighted by atomic mass is 10.2. The minimum Gasteiger partial charge on any atom is -0.481 e. The summed E-state index contributed by atoms with van der Waals surface area (Å²) in [7, 11) is 0. The minimum absolute atomic E-state index is 0.0255. The van der Waals surface area contributed by atoms with Crippen LogP contribution in [0.2, 0.25) is 0 Å². The molecule has 0 saturated carbocycles. The number of aliphatic hydroxyl groups is 1. The largest absolute Gasteiger partial charge is 0.481 e. The molecule has 0 aromatic heterocycles. The number of rotatable bonds is 8. The van der Waals surface area contributed by atoms with E-state index in [0.717, 1.165) is 0 Å². The zero-order chi connectivity index (χ0) is 12.6. The molecule has 0 fully saturated rings. The number of carboxylic acid groups (broad SMARTS) is 1. The summed E-state index contributed by atoms with van der Waals surface area (Å²) in [5, 5.41) is 17.2. The average molecular weight is 231 g/mol. The second kappa shape index (κ2) is 8.10. The van der Waals surface area contributed by atoms with Gasteiger partial charge in [0.15, 0.2) is 0 Å². The third kappa shape index (κ3) is 6.40. The first-order valence-electron chi connectivity index (χ1n) is 5.61. The van der Waals surface area contributed by atoms with Crippen molar-refractivity contribution in [2.24, 2.45) is 0 Å². The van der Waals surface area contributed by atoms with E-state index < -0.39 is 5.97 Å². The Morgan fingerprint density at radius 3 is 2.25 bits per heavy atom. The van der Waals surface area contributed by atoms with Crippen LogP contribution in [-0.2, 0) is 9.59 Å². The van der Waals surface area contributed by atoms with Gasteiger partial charge < -0.3 is 15.1 Å². The summed E-state index contributed by atoms with van der Waals surface area (Å²) >= 11 is 0. The highest BCUT2D eigenvalue weighted by Gasteiger charge is 2.16. The van der Waals surface area contributed by atoms with Crippen molar-refractivity contribution >= 4 is 11.9 Å². The first-order chi connectivity index (χ1) is 7.49. The van der Waals surface area contributed by atoms with E-state index in [1.807, 2.05) is 13.8 Å². The molecule has 0 aromatic rings. The smallest absolute Gasteiger partial charge is 0.303 e. The van der Waals surface area contributed by atoms with Crippen LogP contribution in [0.3, 0.4) is 0 Å². The van der Waals surface area contributed by atoms with Crippen molar-refractivity contribution in [3.05, 3.63) is 0 Å². The fourth-order valence-electron chi connectivity index (χ4n) is 1.45. The lowest BCUT2D eigenvalue weighted by molar-refractivity contribution is -0.137. The van der Waals surface area contributed by atoms with Crippen LogP contribution in [0.4, 0.5) is 0 Å². The molecule has 0 aliphatic heterocycles. The molecule has 0 saturated heterocycles. The van der Waals surface area contributed by atoms with E-state index in [2.05, 4.69) is 0 Å². The molecule has 1 amide bonds. The van der Waals surface area contributed by atoms with Gasteiger partial charge in [-0.1, -0.05) is 0 Å². The predicted octanol–water partition coefficient (Wildman–Crippen LogP) is 0.861. The van der Waals surface area contributed by atoms with Crippen molar-refractivity contribution in [3.8, 4) is 0 Å². The van der Waals surface area contributed by atoms with E-state index in [1.54, 1.807) is 4.90 Å². The number of carboxylic acids is 1. The molecule has 0 radical (unpaired) electrons. The Morgan fingerprint density at radius 2 is 1.81 bits per heavy atom. The van der Waals surface area contributed by atoms with E-state index in [4.69, 9.17) is 10.2 Å². The highest BCUT2D eigenvalue weighted by Crippen LogP contribution is 2.06. The maximum absolute atomic E-state index is 11.7. The summed E-state index contributed by atoms with van der Waals surface area (Å²) in [5.74, 6) is -0.913. The summed E-state index contributed by atoms with van der Waals surface area (Å²) in [5.41, 5.74) is 0. The van der Waals surface area contributed by atoms with Crippen LogP contribution in [0.5, 0.6) is 0 Å². The van der Waals surface area contributed by atoms with E-state index in [-0.39, 0.29) is 31.4 Å². The van der Waals surface area contributed by atoms with Gasteiger partial charge in [0.2, 0.25) is 5.91 Å². The maximum atomic E-state index is 11.7. The molecule has 0 atom stereocenters. The van der Waals surface area contributed by atoms with Gasteiger partial charge in [0.05, 0.1) is 0 Å². The molecule has 94 valence electrons. The Balaban J connectivity index is 4.01. The molecule has 0 heterocycles. The van der Waals surface area contributed by atoms with Crippen molar-refractivity contribution in [1.82, 2.24) is 4.90 Å². The van der Waals surface area contributed by atoms with Gasteiger partial charge in [0.25, 0.3) is 0 Å². The number of carbonyl (C=O) groups excluding carboxylic acids is 1. The highest BCUT2D eigenvalue weighted by atomic mass is 16.4. The summed E-state index contributed by atoms with van der Waals surface area (Å²) in [6.07, 6.45) is 1.22. The van der Waals surface area contributed by atoms with Crippen molar-refractivity contribution in [1.29, 1.82) is 0 Å². The number of aliphatic carboxylic acids is 1. The van der Waals surface area contributed by atoms with Crippen molar-refractivity contribution in [2.75, 3.05) is 13.2 Å². The first-order valence-corrected chi connectivity index (χ1v) is 5.61. The molecule has 0 aliphatic rings. The molecule has 0 aromatic carbocycles. The van der Waals surface area contributed by atoms with Crippen LogP contribution in [0, 0.1) is 0 Å². The molecule has 5 nitrogen and oxygen atoms in total. The molecule has 0 aliphatic carbocycles. The number of hydrogen-bond acceptors (Lipinski definition) is 3. The highest BCUT2D eigenvalue weighted by molar-refractivity contribution is 5.77.